The van der Waals surface area contributed by atoms with Crippen molar-refractivity contribution in [3.05, 3.63) is 46.8 Å². The van der Waals surface area contributed by atoms with Gasteiger partial charge in [0, 0.05) is 12.7 Å². The van der Waals surface area contributed by atoms with Crippen molar-refractivity contribution in [3.63, 3.8) is 0 Å². The second-order valence-electron chi connectivity index (χ2n) is 8.62. The molecule has 6 N–H and O–H groups in total. The van der Waals surface area contributed by atoms with Gasteiger partial charge in [-0.15, -0.1) is 4.40 Å². The van der Waals surface area contributed by atoms with E-state index in [0.29, 0.717) is 39.3 Å². The van der Waals surface area contributed by atoms with Crippen LogP contribution in [0, 0.1) is 13.8 Å². The fourth-order valence-electron chi connectivity index (χ4n) is 3.77. The summed E-state index contributed by atoms with van der Waals surface area (Å²) in [5.41, 5.74) is 8.63. The van der Waals surface area contributed by atoms with E-state index >= 15 is 0 Å². The number of pyridine rings is 1. The third kappa shape index (κ3) is 4.45. The molecule has 1 amide bonds. The van der Waals surface area contributed by atoms with Crippen LogP contribution in [-0.4, -0.2) is 47.8 Å². The summed E-state index contributed by atoms with van der Waals surface area (Å²) >= 11 is 0. The molecular formula is C21H27N7O4S. The third-order valence-electron chi connectivity index (χ3n) is 5.14. The lowest BCUT2D eigenvalue weighted by atomic mass is 10.0. The first-order chi connectivity index (χ1) is 15.4. The summed E-state index contributed by atoms with van der Waals surface area (Å²) in [6.45, 7) is 7.48. The Kier molecular flexibility index (Phi) is 5.47. The Morgan fingerprint density at radius 2 is 2.06 bits per heavy atom. The van der Waals surface area contributed by atoms with Gasteiger partial charge in [-0.2, -0.15) is 5.10 Å². The molecule has 1 aliphatic rings. The van der Waals surface area contributed by atoms with E-state index in [4.69, 9.17) is 10.5 Å². The molecule has 0 radical (unpaired) electrons. The Bertz CT molecular complexity index is 1300. The maximum absolute atomic E-state index is 13.2. The second-order valence-corrected chi connectivity index (χ2v) is 10.0. The largest absolute Gasteiger partial charge is 0.490 e. The van der Waals surface area contributed by atoms with E-state index in [1.807, 2.05) is 27.7 Å². The SMILES string of the molecule is Cc1cc(C(=O)NC(C)(C)COc2cccc3c2C(N)=NS(O)(O)N3)c2c(C)nn(C)c2n1. The van der Waals surface area contributed by atoms with Gasteiger partial charge in [-0.1, -0.05) is 6.07 Å². The molecule has 0 spiro atoms. The molecule has 12 heteroatoms. The predicted molar refractivity (Wildman–Crippen MR) is 129 cm³/mol. The molecule has 0 saturated heterocycles. The van der Waals surface area contributed by atoms with Gasteiger partial charge in [0.1, 0.15) is 12.4 Å². The molecule has 0 fully saturated rings. The highest BCUT2D eigenvalue weighted by atomic mass is 32.3. The molecule has 0 atom stereocenters. The van der Waals surface area contributed by atoms with E-state index < -0.39 is 16.5 Å². The van der Waals surface area contributed by atoms with Crippen LogP contribution in [0.2, 0.25) is 0 Å². The zero-order valence-electron chi connectivity index (χ0n) is 19.0. The Hall–Kier alpha value is -3.35. The summed E-state index contributed by atoms with van der Waals surface area (Å²) in [5.74, 6) is 0.105. The Morgan fingerprint density at radius 3 is 2.79 bits per heavy atom. The van der Waals surface area contributed by atoms with Gasteiger partial charge in [-0.05, 0) is 56.9 Å². The first-order valence-electron chi connectivity index (χ1n) is 10.2. The number of carbonyl (C=O) groups is 1. The minimum absolute atomic E-state index is 0.0390. The van der Waals surface area contributed by atoms with Gasteiger partial charge in [-0.25, -0.2) is 4.98 Å². The number of rotatable bonds is 5. The number of carbonyl (C=O) groups excluding carboxylic acids is 1. The molecule has 1 aromatic carbocycles. The van der Waals surface area contributed by atoms with Gasteiger partial charge >= 0.3 is 0 Å². The van der Waals surface area contributed by atoms with Crippen LogP contribution < -0.4 is 20.5 Å². The quantitative estimate of drug-likeness (QED) is 0.378. The predicted octanol–water partition coefficient (Wildman–Crippen LogP) is 2.88. The van der Waals surface area contributed by atoms with Crippen molar-refractivity contribution in [1.82, 2.24) is 20.1 Å². The molecule has 0 unspecified atom stereocenters. The topological polar surface area (TPSA) is 160 Å². The third-order valence-corrected chi connectivity index (χ3v) is 6.08. The Balaban J connectivity index is 1.55. The summed E-state index contributed by atoms with van der Waals surface area (Å²) in [5, 5.41) is 8.12. The van der Waals surface area contributed by atoms with Crippen molar-refractivity contribution in [3.8, 4) is 5.75 Å². The highest BCUT2D eigenvalue weighted by Crippen LogP contribution is 2.46. The van der Waals surface area contributed by atoms with E-state index in [2.05, 4.69) is 24.5 Å². The Morgan fingerprint density at radius 1 is 1.33 bits per heavy atom. The van der Waals surface area contributed by atoms with Gasteiger partial charge in [0.25, 0.3) is 5.91 Å². The molecule has 2 aromatic heterocycles. The average Bonchev–Trinajstić information content (AvgIpc) is 2.97. The lowest BCUT2D eigenvalue weighted by molar-refractivity contribution is 0.0882. The zero-order valence-corrected chi connectivity index (χ0v) is 19.8. The van der Waals surface area contributed by atoms with Crippen molar-refractivity contribution < 1.29 is 18.6 Å². The number of aryl methyl sites for hydroxylation is 3. The Labute approximate surface area is 192 Å². The molecule has 3 aromatic rings. The van der Waals surface area contributed by atoms with Gasteiger partial charge < -0.3 is 15.8 Å². The maximum Gasteiger partial charge on any atom is 0.252 e. The van der Waals surface area contributed by atoms with Crippen LogP contribution in [0.5, 0.6) is 5.75 Å². The monoisotopic (exact) mass is 473 g/mol. The average molecular weight is 474 g/mol. The smallest absolute Gasteiger partial charge is 0.252 e. The van der Waals surface area contributed by atoms with Crippen molar-refractivity contribution in [1.29, 1.82) is 0 Å². The van der Waals surface area contributed by atoms with E-state index in [1.54, 1.807) is 36.0 Å². The molecule has 33 heavy (non-hydrogen) atoms. The number of anilines is 1. The molecule has 0 aliphatic carbocycles. The van der Waals surface area contributed by atoms with Gasteiger partial charge in [0.15, 0.2) is 11.5 Å². The number of amidine groups is 1. The number of nitrogens with zero attached hydrogens (tertiary/aromatic N) is 4. The fourth-order valence-corrected chi connectivity index (χ4v) is 4.65. The van der Waals surface area contributed by atoms with E-state index in [0.717, 1.165) is 5.69 Å². The number of nitrogens with one attached hydrogen (secondary N) is 2. The number of amides is 1. The minimum Gasteiger partial charge on any atom is -0.490 e. The zero-order chi connectivity index (χ0) is 24.1. The molecule has 11 nitrogen and oxygen atoms in total. The number of aromatic nitrogens is 3. The van der Waals surface area contributed by atoms with E-state index in [-0.39, 0.29) is 18.3 Å². The number of ether oxygens (including phenoxy) is 1. The van der Waals surface area contributed by atoms with Crippen LogP contribution >= 0.6 is 11.0 Å². The fraction of sp³-hybridized carbons (Fsp3) is 0.333. The van der Waals surface area contributed by atoms with Crippen molar-refractivity contribution in [2.75, 3.05) is 11.3 Å². The molecular weight excluding hydrogens is 446 g/mol. The lowest BCUT2D eigenvalue weighted by Gasteiger charge is -2.34. The molecule has 0 bridgehead atoms. The molecule has 0 saturated carbocycles. The van der Waals surface area contributed by atoms with Crippen molar-refractivity contribution in [2.45, 2.75) is 33.2 Å². The summed E-state index contributed by atoms with van der Waals surface area (Å²) in [4.78, 5) is 17.7. The van der Waals surface area contributed by atoms with Gasteiger partial charge in [-0.3, -0.25) is 23.3 Å². The molecule has 1 aliphatic heterocycles. The lowest BCUT2D eigenvalue weighted by Crippen LogP contribution is -2.48. The van der Waals surface area contributed by atoms with Crippen LogP contribution in [0.1, 0.15) is 41.2 Å². The first-order valence-corrected chi connectivity index (χ1v) is 11.7. The van der Waals surface area contributed by atoms with Crippen LogP contribution in [0.4, 0.5) is 5.69 Å². The minimum atomic E-state index is -3.39. The van der Waals surface area contributed by atoms with Crippen molar-refractivity contribution in [2.24, 2.45) is 17.2 Å². The van der Waals surface area contributed by atoms with Crippen LogP contribution in [0.15, 0.2) is 28.7 Å². The summed E-state index contributed by atoms with van der Waals surface area (Å²) in [7, 11) is -1.59. The number of benzene rings is 1. The molecule has 176 valence electrons. The van der Waals surface area contributed by atoms with E-state index in [9.17, 15) is 13.9 Å². The van der Waals surface area contributed by atoms with Gasteiger partial charge in [0.2, 0.25) is 0 Å². The number of hydrogen-bond acceptors (Lipinski definition) is 9. The molecule has 4 rings (SSSR count). The van der Waals surface area contributed by atoms with Crippen molar-refractivity contribution >= 4 is 39.4 Å². The normalized spacial score (nSPS) is 15.9. The molecule has 3 heterocycles. The highest BCUT2D eigenvalue weighted by Gasteiger charge is 2.28. The number of hydrogen-bond donors (Lipinski definition) is 5. The summed E-state index contributed by atoms with van der Waals surface area (Å²) in [6, 6.07) is 6.80. The van der Waals surface area contributed by atoms with Gasteiger partial charge in [0.05, 0.1) is 33.4 Å². The summed E-state index contributed by atoms with van der Waals surface area (Å²) in [6.07, 6.45) is 0. The summed E-state index contributed by atoms with van der Waals surface area (Å²) < 4.78 is 33.6. The number of nitrogens with two attached hydrogens (primary N) is 1. The maximum atomic E-state index is 13.2. The van der Waals surface area contributed by atoms with Crippen LogP contribution in [0.25, 0.3) is 11.0 Å². The highest BCUT2D eigenvalue weighted by molar-refractivity contribution is 8.24. The first kappa shape index (κ1) is 22.8. The van der Waals surface area contributed by atoms with Crippen LogP contribution in [0.3, 0.4) is 0 Å². The van der Waals surface area contributed by atoms with Crippen LogP contribution in [-0.2, 0) is 7.05 Å². The number of fused-ring (bicyclic) bond motifs is 2. The van der Waals surface area contributed by atoms with E-state index in [1.165, 1.54) is 0 Å². The standard InChI is InChI=1S/C21H27N7O4S/c1-11-9-13(16-12(2)25-28(5)19(16)23-11)20(29)24-21(3,4)10-32-15-8-6-7-14-17(15)18(22)27-33(30,31)26-14/h6-9,26,30-31H,10H2,1-5H3,(H2,22,27)(H,24,29). The second kappa shape index (κ2) is 7.90.